The van der Waals surface area contributed by atoms with Crippen molar-refractivity contribution in [3.05, 3.63) is 77.1 Å². The highest BCUT2D eigenvalue weighted by Crippen LogP contribution is 2.29. The summed E-state index contributed by atoms with van der Waals surface area (Å²) in [5.41, 5.74) is 3.10. The number of carbonyl (C=O) groups excluding carboxylic acids is 1. The van der Waals surface area contributed by atoms with Crippen molar-refractivity contribution < 1.29 is 19.0 Å². The third kappa shape index (κ3) is 5.54. The van der Waals surface area contributed by atoms with E-state index in [-0.39, 0.29) is 5.78 Å². The third-order valence-electron chi connectivity index (χ3n) is 4.80. The highest BCUT2D eigenvalue weighted by Gasteiger charge is 2.11. The Labute approximate surface area is 183 Å². The van der Waals surface area contributed by atoms with Gasteiger partial charge in [-0.3, -0.25) is 9.48 Å². The van der Waals surface area contributed by atoms with Crippen molar-refractivity contribution in [2.45, 2.75) is 33.9 Å². The molecular formula is C25H28N2O4. The first-order valence-corrected chi connectivity index (χ1v) is 10.3. The summed E-state index contributed by atoms with van der Waals surface area (Å²) in [5, 5.41) is 4.33. The molecule has 0 bridgehead atoms. The molecule has 1 heterocycles. The van der Waals surface area contributed by atoms with Crippen LogP contribution in [-0.4, -0.2) is 29.3 Å². The minimum absolute atomic E-state index is 0.0727. The molecule has 0 atom stereocenters. The van der Waals surface area contributed by atoms with E-state index in [0.29, 0.717) is 30.3 Å². The van der Waals surface area contributed by atoms with E-state index < -0.39 is 0 Å². The van der Waals surface area contributed by atoms with Gasteiger partial charge in [0, 0.05) is 18.3 Å². The Kier molecular flexibility index (Phi) is 7.49. The Bertz CT molecular complexity index is 1070. The fourth-order valence-corrected chi connectivity index (χ4v) is 3.20. The highest BCUT2D eigenvalue weighted by atomic mass is 16.5. The van der Waals surface area contributed by atoms with Crippen LogP contribution in [0.5, 0.6) is 17.2 Å². The average Bonchev–Trinajstić information content (AvgIpc) is 3.18. The molecule has 31 heavy (non-hydrogen) atoms. The number of hydrogen-bond acceptors (Lipinski definition) is 5. The minimum Gasteiger partial charge on any atom is -0.496 e. The number of aryl methyl sites for hydroxylation is 2. The van der Waals surface area contributed by atoms with E-state index in [9.17, 15) is 4.79 Å². The van der Waals surface area contributed by atoms with E-state index in [1.165, 1.54) is 0 Å². The molecule has 0 fully saturated rings. The minimum atomic E-state index is -0.0727. The van der Waals surface area contributed by atoms with Gasteiger partial charge in [-0.25, -0.2) is 0 Å². The van der Waals surface area contributed by atoms with Gasteiger partial charge in [-0.2, -0.15) is 5.10 Å². The van der Waals surface area contributed by atoms with Crippen molar-refractivity contribution in [3.63, 3.8) is 0 Å². The predicted molar refractivity (Wildman–Crippen MR) is 121 cm³/mol. The summed E-state index contributed by atoms with van der Waals surface area (Å²) in [6, 6.07) is 13.3. The molecule has 6 heteroatoms. The number of nitrogens with zero attached hydrogens (tertiary/aromatic N) is 2. The summed E-state index contributed by atoms with van der Waals surface area (Å²) < 4.78 is 18.9. The molecule has 0 amide bonds. The van der Waals surface area contributed by atoms with Crippen molar-refractivity contribution in [2.75, 3.05) is 13.7 Å². The van der Waals surface area contributed by atoms with Crippen molar-refractivity contribution in [3.8, 4) is 17.2 Å². The molecule has 0 aliphatic carbocycles. The monoisotopic (exact) mass is 420 g/mol. The van der Waals surface area contributed by atoms with Crippen LogP contribution in [-0.2, 0) is 13.2 Å². The van der Waals surface area contributed by atoms with Gasteiger partial charge in [0.2, 0.25) is 0 Å². The van der Waals surface area contributed by atoms with Gasteiger partial charge in [-0.05, 0) is 56.7 Å². The van der Waals surface area contributed by atoms with Crippen molar-refractivity contribution in [1.82, 2.24) is 9.78 Å². The Hall–Kier alpha value is -3.54. The second kappa shape index (κ2) is 10.5. The Morgan fingerprint density at radius 3 is 2.45 bits per heavy atom. The zero-order valence-electron chi connectivity index (χ0n) is 18.4. The van der Waals surface area contributed by atoms with Crippen LogP contribution in [0.25, 0.3) is 6.08 Å². The standard InChI is InChI=1S/C25H28N2O4/c1-5-27-16-21(18(3)26-27)22(28)13-11-19-12-14-23(29-4)20(15-19)17-31-25-10-8-7-9-24(25)30-6-2/h7-16H,5-6,17H2,1-4H3/b13-11+. The molecule has 3 aromatic rings. The van der Waals surface area contributed by atoms with Crippen LogP contribution in [0.15, 0.2) is 54.7 Å². The maximum absolute atomic E-state index is 12.6. The highest BCUT2D eigenvalue weighted by molar-refractivity contribution is 6.07. The van der Waals surface area contributed by atoms with Gasteiger partial charge in [0.05, 0.1) is 25.0 Å². The normalized spacial score (nSPS) is 11.0. The van der Waals surface area contributed by atoms with Gasteiger partial charge in [-0.1, -0.05) is 24.3 Å². The first kappa shape index (κ1) is 22.2. The maximum Gasteiger partial charge on any atom is 0.189 e. The van der Waals surface area contributed by atoms with E-state index >= 15 is 0 Å². The summed E-state index contributed by atoms with van der Waals surface area (Å²) in [7, 11) is 1.63. The second-order valence-electron chi connectivity index (χ2n) is 6.92. The lowest BCUT2D eigenvalue weighted by molar-refractivity contribution is 0.104. The quantitative estimate of drug-likeness (QED) is 0.338. The third-order valence-corrected chi connectivity index (χ3v) is 4.80. The first-order valence-electron chi connectivity index (χ1n) is 10.3. The van der Waals surface area contributed by atoms with E-state index in [1.807, 2.05) is 63.2 Å². The largest absolute Gasteiger partial charge is 0.496 e. The molecule has 0 aliphatic heterocycles. The number of rotatable bonds is 10. The van der Waals surface area contributed by atoms with Crippen LogP contribution in [0.3, 0.4) is 0 Å². The fraction of sp³-hybridized carbons (Fsp3) is 0.280. The number of hydrogen-bond donors (Lipinski definition) is 0. The molecule has 0 N–H and O–H groups in total. The molecule has 0 aliphatic rings. The number of methoxy groups -OCH3 is 1. The average molecular weight is 421 g/mol. The molecule has 0 unspecified atom stereocenters. The van der Waals surface area contributed by atoms with Gasteiger partial charge in [0.15, 0.2) is 17.3 Å². The van der Waals surface area contributed by atoms with Crippen molar-refractivity contribution in [2.24, 2.45) is 0 Å². The number of ether oxygens (including phenoxy) is 3. The van der Waals surface area contributed by atoms with Crippen LogP contribution in [0.1, 0.15) is 41.0 Å². The molecule has 0 radical (unpaired) electrons. The Balaban J connectivity index is 1.76. The lowest BCUT2D eigenvalue weighted by atomic mass is 10.1. The van der Waals surface area contributed by atoms with E-state index in [1.54, 1.807) is 30.1 Å². The number of benzene rings is 2. The number of ketones is 1. The molecular weight excluding hydrogens is 392 g/mol. The van der Waals surface area contributed by atoms with Gasteiger partial charge < -0.3 is 14.2 Å². The molecule has 3 rings (SSSR count). The van der Waals surface area contributed by atoms with Crippen molar-refractivity contribution >= 4 is 11.9 Å². The summed E-state index contributed by atoms with van der Waals surface area (Å²) in [5.74, 6) is 2.02. The van der Waals surface area contributed by atoms with Crippen molar-refractivity contribution in [1.29, 1.82) is 0 Å². The summed E-state index contributed by atoms with van der Waals surface area (Å²) in [6.45, 7) is 7.37. The Morgan fingerprint density at radius 2 is 1.81 bits per heavy atom. The topological polar surface area (TPSA) is 62.6 Å². The zero-order valence-corrected chi connectivity index (χ0v) is 18.4. The summed E-state index contributed by atoms with van der Waals surface area (Å²) in [6.07, 6.45) is 5.15. The van der Waals surface area contributed by atoms with Gasteiger partial charge >= 0.3 is 0 Å². The fourth-order valence-electron chi connectivity index (χ4n) is 3.20. The molecule has 0 spiro atoms. The smallest absolute Gasteiger partial charge is 0.189 e. The van der Waals surface area contributed by atoms with Crippen LogP contribution in [0, 0.1) is 6.92 Å². The molecule has 0 saturated carbocycles. The first-order chi connectivity index (χ1) is 15.0. The van der Waals surface area contributed by atoms with Crippen LogP contribution >= 0.6 is 0 Å². The van der Waals surface area contributed by atoms with E-state index in [0.717, 1.165) is 29.1 Å². The lowest BCUT2D eigenvalue weighted by Crippen LogP contribution is -2.01. The second-order valence-corrected chi connectivity index (χ2v) is 6.92. The molecule has 0 saturated heterocycles. The Morgan fingerprint density at radius 1 is 1.06 bits per heavy atom. The number of allylic oxidation sites excluding steroid dienone is 1. The molecule has 6 nitrogen and oxygen atoms in total. The van der Waals surface area contributed by atoms with E-state index in [4.69, 9.17) is 14.2 Å². The molecule has 1 aromatic heterocycles. The maximum atomic E-state index is 12.6. The zero-order chi connectivity index (χ0) is 22.2. The lowest BCUT2D eigenvalue weighted by Gasteiger charge is -2.14. The van der Waals surface area contributed by atoms with Crippen LogP contribution < -0.4 is 14.2 Å². The molecule has 162 valence electrons. The number of carbonyl (C=O) groups is 1. The summed E-state index contributed by atoms with van der Waals surface area (Å²) in [4.78, 5) is 12.6. The SMILES string of the molecule is CCOc1ccccc1OCc1cc(/C=C/C(=O)c2cn(CC)nc2C)ccc1OC. The predicted octanol–water partition coefficient (Wildman–Crippen LogP) is 5.09. The van der Waals surface area contributed by atoms with Crippen LogP contribution in [0.4, 0.5) is 0 Å². The number of aromatic nitrogens is 2. The van der Waals surface area contributed by atoms with Crippen LogP contribution in [0.2, 0.25) is 0 Å². The molecule has 2 aromatic carbocycles. The summed E-state index contributed by atoms with van der Waals surface area (Å²) >= 11 is 0. The number of para-hydroxylation sites is 2. The van der Waals surface area contributed by atoms with Gasteiger partial charge in [-0.15, -0.1) is 0 Å². The van der Waals surface area contributed by atoms with E-state index in [2.05, 4.69) is 5.10 Å². The van der Waals surface area contributed by atoms with Gasteiger partial charge in [0.1, 0.15) is 12.4 Å². The van der Waals surface area contributed by atoms with Gasteiger partial charge in [0.25, 0.3) is 0 Å².